The highest BCUT2D eigenvalue weighted by Gasteiger charge is 1.99. The van der Waals surface area contributed by atoms with E-state index >= 15 is 0 Å². The zero-order valence-corrected chi connectivity index (χ0v) is 10.3. The summed E-state index contributed by atoms with van der Waals surface area (Å²) >= 11 is 1.91. The minimum Gasteiger partial charge on any atom is -0.496 e. The third-order valence-electron chi connectivity index (χ3n) is 2.26. The molecular weight excluding hydrogens is 206 g/mol. The van der Waals surface area contributed by atoms with E-state index in [0.29, 0.717) is 0 Å². The maximum atomic E-state index is 5.43. The molecule has 0 aromatic heterocycles. The van der Waals surface area contributed by atoms with Crippen molar-refractivity contribution >= 4 is 11.8 Å². The predicted molar refractivity (Wildman–Crippen MR) is 67.8 cm³/mol. The van der Waals surface area contributed by atoms with Crippen LogP contribution in [-0.4, -0.2) is 25.2 Å². The number of methoxy groups -OCH3 is 1. The Morgan fingerprint density at radius 3 is 2.73 bits per heavy atom. The molecule has 0 saturated heterocycles. The van der Waals surface area contributed by atoms with Crippen LogP contribution in [0.1, 0.15) is 11.1 Å². The van der Waals surface area contributed by atoms with Crippen LogP contribution in [0.15, 0.2) is 18.2 Å². The summed E-state index contributed by atoms with van der Waals surface area (Å²) < 4.78 is 5.22. The van der Waals surface area contributed by atoms with Crippen molar-refractivity contribution in [1.29, 1.82) is 0 Å². The molecule has 1 aromatic carbocycles. The van der Waals surface area contributed by atoms with Gasteiger partial charge in [-0.15, -0.1) is 0 Å². The van der Waals surface area contributed by atoms with Gasteiger partial charge < -0.3 is 10.5 Å². The van der Waals surface area contributed by atoms with Gasteiger partial charge in [0.2, 0.25) is 0 Å². The van der Waals surface area contributed by atoms with Crippen LogP contribution in [-0.2, 0) is 6.42 Å². The molecule has 2 nitrogen and oxygen atoms in total. The molecule has 0 radical (unpaired) electrons. The van der Waals surface area contributed by atoms with E-state index in [1.807, 2.05) is 17.8 Å². The minimum absolute atomic E-state index is 0.770. The summed E-state index contributed by atoms with van der Waals surface area (Å²) in [6, 6.07) is 6.37. The molecule has 0 heterocycles. The molecule has 3 heteroatoms. The second-order valence-electron chi connectivity index (χ2n) is 3.46. The van der Waals surface area contributed by atoms with Crippen LogP contribution in [0, 0.1) is 6.92 Å². The Bertz CT molecular complexity index is 302. The molecule has 0 bridgehead atoms. The summed E-state index contributed by atoms with van der Waals surface area (Å²) in [4.78, 5) is 0. The molecule has 0 aliphatic heterocycles. The lowest BCUT2D eigenvalue weighted by Gasteiger charge is -2.07. The third-order valence-corrected chi connectivity index (χ3v) is 3.27. The topological polar surface area (TPSA) is 35.2 Å². The molecule has 0 unspecified atom stereocenters. The summed E-state index contributed by atoms with van der Waals surface area (Å²) in [5, 5.41) is 0. The van der Waals surface area contributed by atoms with Crippen molar-refractivity contribution in [2.75, 3.05) is 25.2 Å². The lowest BCUT2D eigenvalue weighted by molar-refractivity contribution is 0.411. The van der Waals surface area contributed by atoms with Crippen LogP contribution in [0.25, 0.3) is 0 Å². The van der Waals surface area contributed by atoms with Crippen LogP contribution in [0.4, 0.5) is 0 Å². The van der Waals surface area contributed by atoms with Gasteiger partial charge in [-0.25, -0.2) is 0 Å². The molecule has 0 fully saturated rings. The molecule has 1 rings (SSSR count). The summed E-state index contributed by atoms with van der Waals surface area (Å²) in [6.45, 7) is 2.85. The summed E-state index contributed by atoms with van der Waals surface area (Å²) in [5.41, 5.74) is 8.01. The van der Waals surface area contributed by atoms with Gasteiger partial charge in [-0.3, -0.25) is 0 Å². The zero-order chi connectivity index (χ0) is 11.1. The molecule has 0 aliphatic carbocycles. The van der Waals surface area contributed by atoms with Gasteiger partial charge in [0.1, 0.15) is 5.75 Å². The van der Waals surface area contributed by atoms with Crippen molar-refractivity contribution in [3.63, 3.8) is 0 Å². The van der Waals surface area contributed by atoms with Gasteiger partial charge in [0.05, 0.1) is 7.11 Å². The number of benzene rings is 1. The number of nitrogens with two attached hydrogens (primary N) is 1. The standard InChI is InChI=1S/C12H19NOS/c1-10-9-11(3-4-12(10)14-2)5-7-15-8-6-13/h3-4,9H,5-8,13H2,1-2H3. The monoisotopic (exact) mass is 225 g/mol. The number of aryl methyl sites for hydroxylation is 2. The van der Waals surface area contributed by atoms with E-state index in [9.17, 15) is 0 Å². The maximum absolute atomic E-state index is 5.43. The maximum Gasteiger partial charge on any atom is 0.121 e. The average Bonchev–Trinajstić information content (AvgIpc) is 2.25. The number of hydrogen-bond donors (Lipinski definition) is 1. The summed E-state index contributed by atoms with van der Waals surface area (Å²) in [7, 11) is 1.71. The second kappa shape index (κ2) is 6.75. The minimum atomic E-state index is 0.770. The highest BCUT2D eigenvalue weighted by molar-refractivity contribution is 7.99. The normalized spacial score (nSPS) is 10.3. The van der Waals surface area contributed by atoms with E-state index in [2.05, 4.69) is 19.1 Å². The molecule has 15 heavy (non-hydrogen) atoms. The Hall–Kier alpha value is -0.670. The van der Waals surface area contributed by atoms with E-state index in [1.54, 1.807) is 7.11 Å². The van der Waals surface area contributed by atoms with Crippen molar-refractivity contribution < 1.29 is 4.74 Å². The van der Waals surface area contributed by atoms with Gasteiger partial charge in [0.15, 0.2) is 0 Å². The third kappa shape index (κ3) is 4.14. The molecule has 0 spiro atoms. The first-order valence-electron chi connectivity index (χ1n) is 5.19. The summed E-state index contributed by atoms with van der Waals surface area (Å²) in [5.74, 6) is 3.16. The second-order valence-corrected chi connectivity index (χ2v) is 4.68. The zero-order valence-electron chi connectivity index (χ0n) is 9.45. The number of hydrogen-bond acceptors (Lipinski definition) is 3. The van der Waals surface area contributed by atoms with E-state index in [1.165, 1.54) is 11.1 Å². The largest absolute Gasteiger partial charge is 0.496 e. The predicted octanol–water partition coefficient (Wildman–Crippen LogP) is 2.24. The van der Waals surface area contributed by atoms with Crippen LogP contribution in [0.3, 0.4) is 0 Å². The van der Waals surface area contributed by atoms with Gasteiger partial charge in [-0.05, 0) is 36.3 Å². The first-order valence-corrected chi connectivity index (χ1v) is 6.34. The molecular formula is C12H19NOS. The summed E-state index contributed by atoms with van der Waals surface area (Å²) in [6.07, 6.45) is 1.11. The van der Waals surface area contributed by atoms with Crippen molar-refractivity contribution in [3.05, 3.63) is 29.3 Å². The fourth-order valence-electron chi connectivity index (χ4n) is 1.47. The number of rotatable bonds is 6. The Kier molecular flexibility index (Phi) is 5.58. The van der Waals surface area contributed by atoms with Crippen molar-refractivity contribution in [2.45, 2.75) is 13.3 Å². The van der Waals surface area contributed by atoms with Crippen molar-refractivity contribution in [1.82, 2.24) is 0 Å². The smallest absolute Gasteiger partial charge is 0.121 e. The van der Waals surface area contributed by atoms with Crippen LogP contribution in [0.5, 0.6) is 5.75 Å². The highest BCUT2D eigenvalue weighted by atomic mass is 32.2. The van der Waals surface area contributed by atoms with Crippen molar-refractivity contribution in [3.8, 4) is 5.75 Å². The lowest BCUT2D eigenvalue weighted by atomic mass is 10.1. The van der Waals surface area contributed by atoms with Crippen molar-refractivity contribution in [2.24, 2.45) is 5.73 Å². The quantitative estimate of drug-likeness (QED) is 0.754. The SMILES string of the molecule is COc1ccc(CCSCCN)cc1C. The first kappa shape index (κ1) is 12.4. The van der Waals surface area contributed by atoms with E-state index < -0.39 is 0 Å². The molecule has 2 N–H and O–H groups in total. The number of thioether (sulfide) groups is 1. The van der Waals surface area contributed by atoms with Crippen LogP contribution >= 0.6 is 11.8 Å². The molecule has 0 saturated carbocycles. The fraction of sp³-hybridized carbons (Fsp3) is 0.500. The molecule has 0 atom stereocenters. The molecule has 1 aromatic rings. The Morgan fingerprint density at radius 1 is 1.33 bits per heavy atom. The van der Waals surface area contributed by atoms with E-state index in [4.69, 9.17) is 10.5 Å². The van der Waals surface area contributed by atoms with Gasteiger partial charge in [-0.2, -0.15) is 11.8 Å². The Morgan fingerprint density at radius 2 is 2.13 bits per heavy atom. The van der Waals surface area contributed by atoms with E-state index in [0.717, 1.165) is 30.2 Å². The van der Waals surface area contributed by atoms with Gasteiger partial charge in [-0.1, -0.05) is 12.1 Å². The lowest BCUT2D eigenvalue weighted by Crippen LogP contribution is -2.02. The van der Waals surface area contributed by atoms with E-state index in [-0.39, 0.29) is 0 Å². The van der Waals surface area contributed by atoms with Crippen LogP contribution in [0.2, 0.25) is 0 Å². The first-order chi connectivity index (χ1) is 7.27. The average molecular weight is 225 g/mol. The van der Waals surface area contributed by atoms with Gasteiger partial charge >= 0.3 is 0 Å². The molecule has 0 aliphatic rings. The van der Waals surface area contributed by atoms with Gasteiger partial charge in [0, 0.05) is 12.3 Å². The highest BCUT2D eigenvalue weighted by Crippen LogP contribution is 2.19. The Balaban J connectivity index is 2.45. The molecule has 0 amide bonds. The number of ether oxygens (including phenoxy) is 1. The Labute approximate surface area is 96.2 Å². The molecule has 84 valence electrons. The van der Waals surface area contributed by atoms with Crippen LogP contribution < -0.4 is 10.5 Å². The van der Waals surface area contributed by atoms with Gasteiger partial charge in [0.25, 0.3) is 0 Å². The fourth-order valence-corrected chi connectivity index (χ4v) is 2.22.